The second kappa shape index (κ2) is 8.17. The van der Waals surface area contributed by atoms with E-state index in [1.54, 1.807) is 29.2 Å². The summed E-state index contributed by atoms with van der Waals surface area (Å²) in [5.41, 5.74) is 2.96. The zero-order valence-electron chi connectivity index (χ0n) is 16.3. The lowest BCUT2D eigenvalue weighted by Crippen LogP contribution is -2.30. The van der Waals surface area contributed by atoms with Crippen molar-refractivity contribution in [3.8, 4) is 0 Å². The second-order valence-electron chi connectivity index (χ2n) is 7.30. The number of para-hydroxylation sites is 1. The summed E-state index contributed by atoms with van der Waals surface area (Å²) in [5, 5.41) is 2.99. The van der Waals surface area contributed by atoms with Crippen LogP contribution in [0.1, 0.15) is 60.9 Å². The first-order valence-corrected chi connectivity index (χ1v) is 9.08. The van der Waals surface area contributed by atoms with E-state index >= 15 is 0 Å². The first-order valence-electron chi connectivity index (χ1n) is 9.08. The molecule has 0 unspecified atom stereocenters. The van der Waals surface area contributed by atoms with Crippen LogP contribution in [0.15, 0.2) is 48.5 Å². The van der Waals surface area contributed by atoms with Crippen molar-refractivity contribution in [1.29, 1.82) is 0 Å². The van der Waals surface area contributed by atoms with Gasteiger partial charge in [-0.15, -0.1) is 0 Å². The van der Waals surface area contributed by atoms with E-state index in [-0.39, 0.29) is 17.2 Å². The Balaban J connectivity index is 2.18. The normalized spacial score (nSPS) is 11.1. The molecule has 0 bridgehead atoms. The molecule has 138 valence electrons. The van der Waals surface area contributed by atoms with Crippen LogP contribution in [0.25, 0.3) is 0 Å². The molecule has 2 aromatic carbocycles. The molecule has 0 aliphatic rings. The van der Waals surface area contributed by atoms with Crippen molar-refractivity contribution in [3.05, 3.63) is 65.2 Å². The van der Waals surface area contributed by atoms with Gasteiger partial charge in [0.15, 0.2) is 0 Å². The third-order valence-electron chi connectivity index (χ3n) is 4.43. The number of nitrogens with one attached hydrogen (secondary N) is 1. The molecule has 0 saturated heterocycles. The minimum absolute atomic E-state index is 0.0139. The number of benzene rings is 2. The maximum Gasteiger partial charge on any atom is 0.255 e. The number of hydrogen-bond donors (Lipinski definition) is 1. The third-order valence-corrected chi connectivity index (χ3v) is 4.43. The Morgan fingerprint density at radius 1 is 0.885 bits per heavy atom. The van der Waals surface area contributed by atoms with E-state index in [0.29, 0.717) is 24.2 Å². The van der Waals surface area contributed by atoms with Crippen molar-refractivity contribution in [3.63, 3.8) is 0 Å². The van der Waals surface area contributed by atoms with Crippen molar-refractivity contribution in [2.75, 3.05) is 18.4 Å². The van der Waals surface area contributed by atoms with Crippen molar-refractivity contribution < 1.29 is 9.59 Å². The molecule has 0 spiro atoms. The van der Waals surface area contributed by atoms with Gasteiger partial charge in [0.25, 0.3) is 11.8 Å². The van der Waals surface area contributed by atoms with Crippen molar-refractivity contribution in [2.45, 2.75) is 40.0 Å². The molecule has 2 amide bonds. The average Bonchev–Trinajstić information content (AvgIpc) is 2.62. The van der Waals surface area contributed by atoms with Crippen LogP contribution in [-0.2, 0) is 5.41 Å². The molecule has 2 aromatic rings. The van der Waals surface area contributed by atoms with Crippen LogP contribution in [0.3, 0.4) is 0 Å². The number of nitrogens with zero attached hydrogens (tertiary/aromatic N) is 1. The Morgan fingerprint density at radius 3 is 1.96 bits per heavy atom. The van der Waals surface area contributed by atoms with Crippen LogP contribution in [0.2, 0.25) is 0 Å². The van der Waals surface area contributed by atoms with Gasteiger partial charge >= 0.3 is 0 Å². The van der Waals surface area contributed by atoms with Crippen LogP contribution in [-0.4, -0.2) is 29.8 Å². The second-order valence-corrected chi connectivity index (χ2v) is 7.30. The number of hydrogen-bond acceptors (Lipinski definition) is 2. The SMILES string of the molecule is CCN(CC)C(=O)c1ccc(C(=O)Nc2ccccc2C(C)(C)C)cc1. The van der Waals surface area contributed by atoms with E-state index in [1.807, 2.05) is 38.1 Å². The zero-order valence-corrected chi connectivity index (χ0v) is 16.3. The van der Waals surface area contributed by atoms with Crippen molar-refractivity contribution in [2.24, 2.45) is 0 Å². The summed E-state index contributed by atoms with van der Waals surface area (Å²) in [6.07, 6.45) is 0. The Hall–Kier alpha value is -2.62. The van der Waals surface area contributed by atoms with Gasteiger partial charge in [0.05, 0.1) is 0 Å². The number of amides is 2. The van der Waals surface area contributed by atoms with Gasteiger partial charge in [-0.25, -0.2) is 0 Å². The van der Waals surface area contributed by atoms with Crippen LogP contribution < -0.4 is 5.32 Å². The van der Waals surface area contributed by atoms with E-state index in [0.717, 1.165) is 11.3 Å². The first kappa shape index (κ1) is 19.7. The highest BCUT2D eigenvalue weighted by Gasteiger charge is 2.19. The molecule has 1 N–H and O–H groups in total. The minimum atomic E-state index is -0.177. The summed E-state index contributed by atoms with van der Waals surface area (Å²) in [4.78, 5) is 26.7. The third kappa shape index (κ3) is 4.51. The fraction of sp³-hybridized carbons (Fsp3) is 0.364. The summed E-state index contributed by atoms with van der Waals surface area (Å²) < 4.78 is 0. The number of carbonyl (C=O) groups is 2. The molecule has 0 aliphatic carbocycles. The minimum Gasteiger partial charge on any atom is -0.339 e. The Morgan fingerprint density at radius 2 is 1.42 bits per heavy atom. The average molecular weight is 352 g/mol. The highest BCUT2D eigenvalue weighted by Crippen LogP contribution is 2.29. The standard InChI is InChI=1S/C22H28N2O2/c1-6-24(7-2)21(26)17-14-12-16(13-15-17)20(25)23-19-11-9-8-10-18(19)22(3,4)5/h8-15H,6-7H2,1-5H3,(H,23,25). The molecule has 0 aromatic heterocycles. The molecule has 4 nitrogen and oxygen atoms in total. The fourth-order valence-corrected chi connectivity index (χ4v) is 2.90. The van der Waals surface area contributed by atoms with Crippen LogP contribution in [0, 0.1) is 0 Å². The van der Waals surface area contributed by atoms with Gasteiger partial charge in [-0.1, -0.05) is 39.0 Å². The molecular formula is C22H28N2O2. The summed E-state index contributed by atoms with van der Waals surface area (Å²) in [6, 6.07) is 14.7. The van der Waals surface area contributed by atoms with Gasteiger partial charge < -0.3 is 10.2 Å². The fourth-order valence-electron chi connectivity index (χ4n) is 2.90. The van der Waals surface area contributed by atoms with Crippen LogP contribution in [0.5, 0.6) is 0 Å². The molecule has 0 aliphatic heterocycles. The molecule has 0 radical (unpaired) electrons. The lowest BCUT2D eigenvalue weighted by atomic mass is 9.86. The lowest BCUT2D eigenvalue weighted by Gasteiger charge is -2.23. The summed E-state index contributed by atoms with van der Waals surface area (Å²) in [6.45, 7) is 11.6. The van der Waals surface area contributed by atoms with Gasteiger partial charge in [-0.3, -0.25) is 9.59 Å². The maximum atomic E-state index is 12.6. The molecule has 0 atom stereocenters. The van der Waals surface area contributed by atoms with E-state index in [4.69, 9.17) is 0 Å². The van der Waals surface area contributed by atoms with Crippen molar-refractivity contribution in [1.82, 2.24) is 4.90 Å². The Kier molecular flexibility index (Phi) is 6.19. The number of carbonyl (C=O) groups excluding carboxylic acids is 2. The molecular weight excluding hydrogens is 324 g/mol. The highest BCUT2D eigenvalue weighted by atomic mass is 16.2. The highest BCUT2D eigenvalue weighted by molar-refractivity contribution is 6.05. The zero-order chi connectivity index (χ0) is 19.3. The molecule has 0 heterocycles. The van der Waals surface area contributed by atoms with E-state index in [2.05, 4.69) is 26.1 Å². The smallest absolute Gasteiger partial charge is 0.255 e. The molecule has 26 heavy (non-hydrogen) atoms. The van der Waals surface area contributed by atoms with E-state index in [1.165, 1.54) is 0 Å². The van der Waals surface area contributed by atoms with Gasteiger partial charge in [0.2, 0.25) is 0 Å². The largest absolute Gasteiger partial charge is 0.339 e. The van der Waals surface area contributed by atoms with Gasteiger partial charge in [-0.05, 0) is 55.2 Å². The van der Waals surface area contributed by atoms with Gasteiger partial charge in [0.1, 0.15) is 0 Å². The molecule has 0 fully saturated rings. The summed E-state index contributed by atoms with van der Waals surface area (Å²) >= 11 is 0. The predicted octanol–water partition coefficient (Wildman–Crippen LogP) is 4.72. The number of anilines is 1. The van der Waals surface area contributed by atoms with Crippen molar-refractivity contribution >= 4 is 17.5 Å². The maximum absolute atomic E-state index is 12.6. The first-order chi connectivity index (χ1) is 12.3. The summed E-state index contributed by atoms with van der Waals surface area (Å²) in [5.74, 6) is -0.191. The van der Waals surface area contributed by atoms with Gasteiger partial charge in [0, 0.05) is 29.9 Å². The van der Waals surface area contributed by atoms with E-state index in [9.17, 15) is 9.59 Å². The predicted molar refractivity (Wildman–Crippen MR) is 107 cm³/mol. The molecule has 2 rings (SSSR count). The molecule has 4 heteroatoms. The quantitative estimate of drug-likeness (QED) is 0.846. The van der Waals surface area contributed by atoms with E-state index < -0.39 is 0 Å². The Bertz CT molecular complexity index is 769. The molecule has 0 saturated carbocycles. The monoisotopic (exact) mass is 352 g/mol. The van der Waals surface area contributed by atoms with Gasteiger partial charge in [-0.2, -0.15) is 0 Å². The topological polar surface area (TPSA) is 49.4 Å². The summed E-state index contributed by atoms with van der Waals surface area (Å²) in [7, 11) is 0. The number of rotatable bonds is 5. The lowest BCUT2D eigenvalue weighted by molar-refractivity contribution is 0.0772. The van der Waals surface area contributed by atoms with Crippen LogP contribution in [0.4, 0.5) is 5.69 Å². The Labute approximate surface area is 156 Å². The van der Waals surface area contributed by atoms with Crippen LogP contribution >= 0.6 is 0 Å².